The average molecular weight is 1050 g/mol. The standard InChI is InChI=1S/C31H30N6O4S.C24H25N5O3S/c1-37(31(39)32-24-12-4-2-5-13-24)19-9-10-22-17-18-27-28(20-22)34-30(33-27)35-29(38)23-11-8-14-25(21-23)36-42(40,41)26-15-6-3-7-16-26;1-25-14-6-7-17-12-13-21-22(15-17)27-24(26-21)28-23(30)18-8-5-9-19(16-18)29-33(31,32)20-10-3-2-4-11-20/h2-8,11-18,20-21,36H,9-10,19H2,1H3,(H,32,39)(H2,33,34,35,38);2-5,8-13,15-16,25,29H,6-7,14H2,1H3,(H2,26,27,28,30). The largest absolute Gasteiger partial charge is 0.328 e. The highest BCUT2D eigenvalue weighted by Gasteiger charge is 2.18. The minimum absolute atomic E-state index is 0.127. The molecule has 0 aliphatic carbocycles. The van der Waals surface area contributed by atoms with Crippen LogP contribution in [0.25, 0.3) is 22.1 Å². The molecule has 4 amide bonds. The number of imidazole rings is 2. The van der Waals surface area contributed by atoms with E-state index >= 15 is 0 Å². The van der Waals surface area contributed by atoms with Crippen LogP contribution in [0.3, 0.4) is 0 Å². The van der Waals surface area contributed by atoms with Crippen molar-refractivity contribution in [2.75, 3.05) is 52.6 Å². The number of urea groups is 1. The number of rotatable bonds is 19. The summed E-state index contributed by atoms with van der Waals surface area (Å²) in [6.07, 6.45) is 3.50. The number of anilines is 5. The molecule has 0 atom stereocenters. The van der Waals surface area contributed by atoms with E-state index in [0.717, 1.165) is 60.0 Å². The van der Waals surface area contributed by atoms with Crippen molar-refractivity contribution in [3.8, 4) is 0 Å². The van der Waals surface area contributed by atoms with Gasteiger partial charge in [-0.25, -0.2) is 31.6 Å². The predicted molar refractivity (Wildman–Crippen MR) is 294 cm³/mol. The van der Waals surface area contributed by atoms with Crippen LogP contribution >= 0.6 is 0 Å². The number of nitrogens with zero attached hydrogens (tertiary/aromatic N) is 3. The summed E-state index contributed by atoms with van der Waals surface area (Å²) in [5, 5.41) is 11.5. The van der Waals surface area contributed by atoms with Gasteiger partial charge in [0.2, 0.25) is 11.9 Å². The number of hydrogen-bond donors (Lipinski definition) is 8. The summed E-state index contributed by atoms with van der Waals surface area (Å²) < 4.78 is 55.4. The Hall–Kier alpha value is -8.85. The van der Waals surface area contributed by atoms with Crippen LogP contribution in [0.5, 0.6) is 0 Å². The lowest BCUT2D eigenvalue weighted by Gasteiger charge is -2.18. The molecular weight excluding hydrogens is 991 g/mol. The molecule has 2 aromatic heterocycles. The maximum atomic E-state index is 12.9. The van der Waals surface area contributed by atoms with Gasteiger partial charge in [-0.05, 0) is 147 Å². The van der Waals surface area contributed by atoms with Gasteiger partial charge in [-0.15, -0.1) is 0 Å². The summed E-state index contributed by atoms with van der Waals surface area (Å²) >= 11 is 0. The maximum absolute atomic E-state index is 12.9. The van der Waals surface area contributed by atoms with Gasteiger partial charge in [0.05, 0.1) is 31.9 Å². The topological polar surface area (TPSA) is 252 Å². The average Bonchev–Trinajstić information content (AvgIpc) is 4.02. The SMILES string of the molecule is CN(CCCc1ccc2nc(NC(=O)c3cccc(NS(=O)(=O)c4ccccc4)c3)[nH]c2c1)C(=O)Nc1ccccc1.CNCCCc1ccc2nc(NC(=O)c3cccc(NS(=O)(=O)c4ccccc4)c3)[nH]c2c1. The molecule has 20 heteroatoms. The number of aryl methyl sites for hydroxylation is 2. The van der Waals surface area contributed by atoms with E-state index in [-0.39, 0.29) is 33.0 Å². The Morgan fingerprint density at radius 1 is 0.507 bits per heavy atom. The van der Waals surface area contributed by atoms with Crippen molar-refractivity contribution >= 4 is 88.9 Å². The van der Waals surface area contributed by atoms with Gasteiger partial charge in [-0.3, -0.25) is 29.7 Å². The summed E-state index contributed by atoms with van der Waals surface area (Å²) in [6, 6.07) is 49.6. The van der Waals surface area contributed by atoms with Crippen molar-refractivity contribution in [1.29, 1.82) is 0 Å². The van der Waals surface area contributed by atoms with Gasteiger partial charge in [0.1, 0.15) is 0 Å². The highest BCUT2D eigenvalue weighted by molar-refractivity contribution is 7.93. The zero-order valence-corrected chi connectivity index (χ0v) is 42.6. The number of para-hydroxylation sites is 1. The van der Waals surface area contributed by atoms with Crippen molar-refractivity contribution in [3.63, 3.8) is 0 Å². The summed E-state index contributed by atoms with van der Waals surface area (Å²) in [5.74, 6) is -0.228. The zero-order valence-electron chi connectivity index (χ0n) is 41.0. The van der Waals surface area contributed by atoms with E-state index in [4.69, 9.17) is 0 Å². The molecule has 0 fully saturated rings. The molecule has 75 heavy (non-hydrogen) atoms. The van der Waals surface area contributed by atoms with Crippen molar-refractivity contribution in [3.05, 3.63) is 198 Å². The molecule has 0 unspecified atom stereocenters. The molecule has 18 nitrogen and oxygen atoms in total. The molecule has 0 saturated heterocycles. The van der Waals surface area contributed by atoms with Gasteiger partial charge in [-0.1, -0.05) is 78.9 Å². The minimum atomic E-state index is -3.79. The Labute approximate surface area is 434 Å². The molecule has 2 heterocycles. The third-order valence-electron chi connectivity index (χ3n) is 11.6. The van der Waals surface area contributed by atoms with E-state index < -0.39 is 31.9 Å². The molecule has 0 spiro atoms. The second-order valence-electron chi connectivity index (χ2n) is 17.3. The van der Waals surface area contributed by atoms with Crippen LogP contribution in [0.4, 0.5) is 33.8 Å². The first-order valence-electron chi connectivity index (χ1n) is 23.9. The smallest absolute Gasteiger partial charge is 0.321 e. The fourth-order valence-electron chi connectivity index (χ4n) is 7.81. The fourth-order valence-corrected chi connectivity index (χ4v) is 9.95. The summed E-state index contributed by atoms with van der Waals surface area (Å²) in [6.45, 7) is 1.53. The monoisotopic (exact) mass is 1050 g/mol. The molecule has 0 bridgehead atoms. The molecule has 7 aromatic carbocycles. The normalized spacial score (nSPS) is 11.3. The summed E-state index contributed by atoms with van der Waals surface area (Å²) in [5.41, 5.74) is 7.20. The summed E-state index contributed by atoms with van der Waals surface area (Å²) in [7, 11) is -3.84. The van der Waals surface area contributed by atoms with Gasteiger partial charge < -0.3 is 25.5 Å². The fraction of sp³-hybridized carbons (Fsp3) is 0.145. The molecule has 9 rings (SSSR count). The van der Waals surface area contributed by atoms with Crippen LogP contribution in [0.15, 0.2) is 186 Å². The number of benzene rings is 7. The van der Waals surface area contributed by atoms with E-state index in [1.54, 1.807) is 84.7 Å². The van der Waals surface area contributed by atoms with E-state index in [1.165, 1.54) is 42.0 Å². The second-order valence-corrected chi connectivity index (χ2v) is 20.7. The Balaban J connectivity index is 0.000000205. The number of carbonyl (C=O) groups excluding carboxylic acids is 3. The molecule has 0 saturated carbocycles. The third-order valence-corrected chi connectivity index (χ3v) is 14.4. The maximum Gasteiger partial charge on any atom is 0.321 e. The van der Waals surface area contributed by atoms with Crippen molar-refractivity contribution in [2.45, 2.75) is 35.5 Å². The van der Waals surface area contributed by atoms with Crippen molar-refractivity contribution < 1.29 is 31.2 Å². The Morgan fingerprint density at radius 2 is 0.947 bits per heavy atom. The number of carbonyl (C=O) groups is 3. The first-order valence-corrected chi connectivity index (χ1v) is 26.9. The van der Waals surface area contributed by atoms with Crippen LogP contribution in [-0.4, -0.2) is 86.7 Å². The zero-order chi connectivity index (χ0) is 52.8. The number of sulfonamides is 2. The predicted octanol–water partition coefficient (Wildman–Crippen LogP) is 9.48. The van der Waals surface area contributed by atoms with E-state index in [2.05, 4.69) is 50.6 Å². The van der Waals surface area contributed by atoms with Gasteiger partial charge in [-0.2, -0.15) is 0 Å². The number of amides is 4. The molecule has 8 N–H and O–H groups in total. The van der Waals surface area contributed by atoms with E-state index in [1.807, 2.05) is 73.8 Å². The quantitative estimate of drug-likeness (QED) is 0.0356. The highest BCUT2D eigenvalue weighted by Crippen LogP contribution is 2.23. The summed E-state index contributed by atoms with van der Waals surface area (Å²) in [4.78, 5) is 55.2. The van der Waals surface area contributed by atoms with Crippen LogP contribution < -0.4 is 30.7 Å². The second kappa shape index (κ2) is 24.2. The van der Waals surface area contributed by atoms with Gasteiger partial charge in [0.25, 0.3) is 31.9 Å². The number of nitrogens with one attached hydrogen (secondary N) is 8. The van der Waals surface area contributed by atoms with E-state index in [9.17, 15) is 31.2 Å². The molecule has 0 radical (unpaired) electrons. The van der Waals surface area contributed by atoms with Crippen LogP contribution in [-0.2, 0) is 32.9 Å². The number of aromatic amines is 2. The van der Waals surface area contributed by atoms with Gasteiger partial charge >= 0.3 is 6.03 Å². The Kier molecular flexibility index (Phi) is 17.0. The lowest BCUT2D eigenvalue weighted by Crippen LogP contribution is -2.32. The van der Waals surface area contributed by atoms with E-state index in [0.29, 0.717) is 29.3 Å². The highest BCUT2D eigenvalue weighted by atomic mass is 32.2. The molecule has 0 aliphatic rings. The number of hydrogen-bond acceptors (Lipinski definition) is 10. The van der Waals surface area contributed by atoms with Crippen molar-refractivity contribution in [2.24, 2.45) is 0 Å². The first kappa shape index (κ1) is 52.5. The number of H-pyrrole nitrogens is 2. The molecule has 384 valence electrons. The number of aromatic nitrogens is 4. The van der Waals surface area contributed by atoms with Crippen molar-refractivity contribution in [1.82, 2.24) is 30.2 Å². The minimum Gasteiger partial charge on any atom is -0.328 e. The lowest BCUT2D eigenvalue weighted by molar-refractivity contribution is 0.101. The number of fused-ring (bicyclic) bond motifs is 2. The molecule has 0 aliphatic heterocycles. The van der Waals surface area contributed by atoms with Gasteiger partial charge in [0.15, 0.2) is 0 Å². The van der Waals surface area contributed by atoms with Gasteiger partial charge in [0, 0.05) is 41.8 Å². The third kappa shape index (κ3) is 14.4. The van der Waals surface area contributed by atoms with Crippen LogP contribution in [0, 0.1) is 0 Å². The van der Waals surface area contributed by atoms with Crippen LogP contribution in [0.1, 0.15) is 44.7 Å². The lowest BCUT2D eigenvalue weighted by atomic mass is 10.1. The first-order chi connectivity index (χ1) is 36.2. The molecular formula is C55H55N11O7S2. The van der Waals surface area contributed by atoms with Crippen LogP contribution in [0.2, 0.25) is 0 Å². The molecule has 9 aromatic rings. The Bertz CT molecular complexity index is 3650. The Morgan fingerprint density at radius 3 is 1.41 bits per heavy atom.